The number of rotatable bonds is 5. The summed E-state index contributed by atoms with van der Waals surface area (Å²) in [6, 6.07) is 12.8. The first-order valence-corrected chi connectivity index (χ1v) is 10.4. The van der Waals surface area contributed by atoms with Gasteiger partial charge in [0.2, 0.25) is 0 Å². The molecule has 1 aromatic carbocycles. The Labute approximate surface area is 153 Å². The highest BCUT2D eigenvalue weighted by Crippen LogP contribution is 2.22. The van der Waals surface area contributed by atoms with Crippen molar-refractivity contribution >= 4 is 27.2 Å². The summed E-state index contributed by atoms with van der Waals surface area (Å²) >= 11 is 0. The summed E-state index contributed by atoms with van der Waals surface area (Å²) in [5, 5.41) is 8.23. The SMILES string of the molecule is CCN(C(=O)c1ccc(N(C)c2ccccc2)nn1)C1CCS(=O)(=O)C1. The Hall–Kier alpha value is -2.48. The fraction of sp³-hybridized carbons (Fsp3) is 0.389. The molecular formula is C18H22N4O3S. The van der Waals surface area contributed by atoms with Gasteiger partial charge in [-0.2, -0.15) is 0 Å². The van der Waals surface area contributed by atoms with Gasteiger partial charge in [0.1, 0.15) is 0 Å². The summed E-state index contributed by atoms with van der Waals surface area (Å²) < 4.78 is 23.4. The Bertz CT molecular complexity index is 869. The Balaban J connectivity index is 1.76. The lowest BCUT2D eigenvalue weighted by molar-refractivity contribution is 0.0701. The zero-order valence-electron chi connectivity index (χ0n) is 14.9. The van der Waals surface area contributed by atoms with Gasteiger partial charge in [-0.05, 0) is 37.6 Å². The molecule has 0 N–H and O–H groups in total. The highest BCUT2D eigenvalue weighted by Gasteiger charge is 2.34. The largest absolute Gasteiger partial charge is 0.333 e. The minimum Gasteiger partial charge on any atom is -0.333 e. The Morgan fingerprint density at radius 2 is 1.88 bits per heavy atom. The normalized spacial score (nSPS) is 18.5. The highest BCUT2D eigenvalue weighted by atomic mass is 32.2. The van der Waals surface area contributed by atoms with Gasteiger partial charge in [-0.3, -0.25) is 4.79 Å². The molecule has 3 rings (SSSR count). The number of amides is 1. The van der Waals surface area contributed by atoms with Gasteiger partial charge in [0.15, 0.2) is 21.3 Å². The van der Waals surface area contributed by atoms with E-state index in [-0.39, 0.29) is 29.1 Å². The van der Waals surface area contributed by atoms with Crippen LogP contribution in [0.3, 0.4) is 0 Å². The third-order valence-electron chi connectivity index (χ3n) is 4.61. The number of carbonyl (C=O) groups is 1. The fourth-order valence-corrected chi connectivity index (χ4v) is 4.87. The lowest BCUT2D eigenvalue weighted by atomic mass is 10.2. The number of aromatic nitrogens is 2. The average molecular weight is 374 g/mol. The maximum absolute atomic E-state index is 12.7. The predicted molar refractivity (Wildman–Crippen MR) is 100 cm³/mol. The highest BCUT2D eigenvalue weighted by molar-refractivity contribution is 7.91. The van der Waals surface area contributed by atoms with E-state index in [9.17, 15) is 13.2 Å². The van der Waals surface area contributed by atoms with Crippen LogP contribution >= 0.6 is 0 Å². The molecule has 2 heterocycles. The van der Waals surface area contributed by atoms with Crippen LogP contribution in [-0.2, 0) is 9.84 Å². The lowest BCUT2D eigenvalue weighted by Gasteiger charge is -2.26. The van der Waals surface area contributed by atoms with Gasteiger partial charge in [0, 0.05) is 25.3 Å². The number of hydrogen-bond acceptors (Lipinski definition) is 6. The molecule has 1 aromatic heterocycles. The molecule has 8 heteroatoms. The molecule has 1 amide bonds. The third kappa shape index (κ3) is 3.85. The second-order valence-corrected chi connectivity index (χ2v) is 8.55. The first-order valence-electron chi connectivity index (χ1n) is 8.55. The third-order valence-corrected chi connectivity index (χ3v) is 6.36. The van der Waals surface area contributed by atoms with Crippen molar-refractivity contribution < 1.29 is 13.2 Å². The molecule has 0 aliphatic carbocycles. The van der Waals surface area contributed by atoms with Crippen LogP contribution in [-0.4, -0.2) is 60.6 Å². The van der Waals surface area contributed by atoms with Crippen molar-refractivity contribution in [2.75, 3.05) is 30.0 Å². The molecule has 1 aliphatic heterocycles. The van der Waals surface area contributed by atoms with Gasteiger partial charge in [0.25, 0.3) is 5.91 Å². The van der Waals surface area contributed by atoms with Crippen molar-refractivity contribution in [3.63, 3.8) is 0 Å². The summed E-state index contributed by atoms with van der Waals surface area (Å²) in [6.07, 6.45) is 0.476. The lowest BCUT2D eigenvalue weighted by Crippen LogP contribution is -2.41. The summed E-state index contributed by atoms with van der Waals surface area (Å²) in [4.78, 5) is 16.2. The van der Waals surface area contributed by atoms with E-state index < -0.39 is 9.84 Å². The molecule has 0 radical (unpaired) electrons. The van der Waals surface area contributed by atoms with E-state index in [1.165, 1.54) is 0 Å². The van der Waals surface area contributed by atoms with Crippen molar-refractivity contribution in [2.24, 2.45) is 0 Å². The van der Waals surface area contributed by atoms with E-state index in [1.54, 1.807) is 17.0 Å². The molecule has 1 saturated heterocycles. The molecule has 0 saturated carbocycles. The maximum Gasteiger partial charge on any atom is 0.274 e. The Morgan fingerprint density at radius 3 is 2.42 bits per heavy atom. The van der Waals surface area contributed by atoms with Gasteiger partial charge in [-0.15, -0.1) is 10.2 Å². The molecule has 2 aromatic rings. The molecule has 1 unspecified atom stereocenters. The van der Waals surface area contributed by atoms with E-state index in [2.05, 4.69) is 10.2 Å². The zero-order chi connectivity index (χ0) is 18.7. The first kappa shape index (κ1) is 18.3. The van der Waals surface area contributed by atoms with Crippen molar-refractivity contribution in [2.45, 2.75) is 19.4 Å². The van der Waals surface area contributed by atoms with E-state index >= 15 is 0 Å². The first-order chi connectivity index (χ1) is 12.4. The molecule has 1 aliphatic rings. The van der Waals surface area contributed by atoms with Crippen molar-refractivity contribution in [1.82, 2.24) is 15.1 Å². The van der Waals surface area contributed by atoms with Gasteiger partial charge < -0.3 is 9.80 Å². The van der Waals surface area contributed by atoms with Crippen molar-refractivity contribution in [1.29, 1.82) is 0 Å². The maximum atomic E-state index is 12.7. The molecular weight excluding hydrogens is 352 g/mol. The second-order valence-electron chi connectivity index (χ2n) is 6.32. The van der Waals surface area contributed by atoms with Gasteiger partial charge in [-0.1, -0.05) is 18.2 Å². The van der Waals surface area contributed by atoms with Gasteiger partial charge in [0.05, 0.1) is 11.5 Å². The van der Waals surface area contributed by atoms with E-state index in [4.69, 9.17) is 0 Å². The number of nitrogens with zero attached hydrogens (tertiary/aromatic N) is 4. The van der Waals surface area contributed by atoms with Crippen LogP contribution in [0.5, 0.6) is 0 Å². The van der Waals surface area contributed by atoms with Crippen molar-refractivity contribution in [3.05, 3.63) is 48.2 Å². The van der Waals surface area contributed by atoms with Gasteiger partial charge in [-0.25, -0.2) is 8.42 Å². The summed E-state index contributed by atoms with van der Waals surface area (Å²) in [5.41, 5.74) is 1.19. The minimum absolute atomic E-state index is 0.0227. The minimum atomic E-state index is -3.05. The van der Waals surface area contributed by atoms with Crippen LogP contribution in [0.1, 0.15) is 23.8 Å². The molecule has 138 valence electrons. The molecule has 26 heavy (non-hydrogen) atoms. The average Bonchev–Trinajstić information content (AvgIpc) is 3.02. The number of benzene rings is 1. The predicted octanol–water partition coefficient (Wildman–Crippen LogP) is 1.89. The van der Waals surface area contributed by atoms with Crippen molar-refractivity contribution in [3.8, 4) is 0 Å². The van der Waals surface area contributed by atoms with Crippen LogP contribution in [0.2, 0.25) is 0 Å². The molecule has 0 bridgehead atoms. The summed E-state index contributed by atoms with van der Waals surface area (Å²) in [5.74, 6) is 0.498. The van der Waals surface area contributed by atoms with E-state index in [1.807, 2.05) is 49.2 Å². The van der Waals surface area contributed by atoms with Crippen LogP contribution in [0.25, 0.3) is 0 Å². The fourth-order valence-electron chi connectivity index (χ4n) is 3.14. The summed E-state index contributed by atoms with van der Waals surface area (Å²) in [7, 11) is -1.17. The van der Waals surface area contributed by atoms with Gasteiger partial charge >= 0.3 is 0 Å². The van der Waals surface area contributed by atoms with Crippen LogP contribution < -0.4 is 4.90 Å². The molecule has 1 fully saturated rings. The molecule has 7 nitrogen and oxygen atoms in total. The quantitative estimate of drug-likeness (QED) is 0.795. The number of anilines is 2. The smallest absolute Gasteiger partial charge is 0.274 e. The number of hydrogen-bond donors (Lipinski definition) is 0. The summed E-state index contributed by atoms with van der Waals surface area (Å²) in [6.45, 7) is 2.28. The van der Waals surface area contributed by atoms with Crippen LogP contribution in [0, 0.1) is 0 Å². The van der Waals surface area contributed by atoms with Crippen LogP contribution in [0.15, 0.2) is 42.5 Å². The topological polar surface area (TPSA) is 83.5 Å². The Morgan fingerprint density at radius 1 is 1.15 bits per heavy atom. The standard InChI is InChI=1S/C18H22N4O3S/c1-3-22(15-11-12-26(24,25)13-15)18(23)16-9-10-17(20-19-16)21(2)14-7-5-4-6-8-14/h4-10,15H,3,11-13H2,1-2H3. The number of carbonyl (C=O) groups excluding carboxylic acids is 1. The monoisotopic (exact) mass is 374 g/mol. The van der Waals surface area contributed by atoms with Crippen LogP contribution in [0.4, 0.5) is 11.5 Å². The number of sulfone groups is 1. The Kier molecular flexibility index (Phi) is 5.22. The molecule has 0 spiro atoms. The second kappa shape index (κ2) is 7.41. The molecule has 1 atom stereocenters. The van der Waals surface area contributed by atoms with E-state index in [0.717, 1.165) is 5.69 Å². The number of para-hydroxylation sites is 1. The van der Waals surface area contributed by atoms with E-state index in [0.29, 0.717) is 18.8 Å². The zero-order valence-corrected chi connectivity index (χ0v) is 15.7.